The fourth-order valence-corrected chi connectivity index (χ4v) is 1.99. The Labute approximate surface area is 108 Å². The van der Waals surface area contributed by atoms with Crippen molar-refractivity contribution < 1.29 is 0 Å². The molecule has 3 nitrogen and oxygen atoms in total. The highest BCUT2D eigenvalue weighted by Gasteiger charge is 2.11. The Morgan fingerprint density at radius 2 is 1.94 bits per heavy atom. The van der Waals surface area contributed by atoms with Gasteiger partial charge in [-0.2, -0.15) is 0 Å². The maximum atomic E-state index is 4.37. The lowest BCUT2D eigenvalue weighted by molar-refractivity contribution is 0.548. The van der Waals surface area contributed by atoms with Crippen LogP contribution in [0.4, 0.5) is 0 Å². The molecule has 0 spiro atoms. The Hall–Kier alpha value is -1.74. The lowest BCUT2D eigenvalue weighted by atomic mass is 10.0. The molecular formula is C15H19N3. The summed E-state index contributed by atoms with van der Waals surface area (Å²) in [5.74, 6) is 0. The van der Waals surface area contributed by atoms with Crippen molar-refractivity contribution in [2.24, 2.45) is 0 Å². The van der Waals surface area contributed by atoms with E-state index in [1.807, 2.05) is 25.5 Å². The number of hydrogen-bond donors (Lipinski definition) is 1. The molecule has 3 heteroatoms. The molecular weight excluding hydrogens is 222 g/mol. The van der Waals surface area contributed by atoms with Gasteiger partial charge in [-0.3, -0.25) is 9.97 Å². The maximum Gasteiger partial charge on any atom is 0.0376 e. The molecule has 0 fully saturated rings. The second-order valence-electron chi connectivity index (χ2n) is 4.40. The van der Waals surface area contributed by atoms with Crippen molar-refractivity contribution in [3.8, 4) is 0 Å². The first kappa shape index (κ1) is 12.7. The van der Waals surface area contributed by atoms with Crippen molar-refractivity contribution >= 4 is 0 Å². The third-order valence-corrected chi connectivity index (χ3v) is 2.98. The van der Waals surface area contributed by atoms with E-state index in [4.69, 9.17) is 0 Å². The smallest absolute Gasteiger partial charge is 0.0376 e. The minimum Gasteiger partial charge on any atom is -0.310 e. The molecule has 0 aliphatic heterocycles. The summed E-state index contributed by atoms with van der Waals surface area (Å²) in [6, 6.07) is 8.64. The molecule has 1 N–H and O–H groups in total. The summed E-state index contributed by atoms with van der Waals surface area (Å²) < 4.78 is 0. The van der Waals surface area contributed by atoms with Crippen LogP contribution in [0.3, 0.4) is 0 Å². The molecule has 2 rings (SSSR count). The standard InChI is InChI=1S/C15H19N3/c1-3-17-15(10-13-6-8-16-9-7-13)14-5-4-12(2)18-11-14/h4-9,11,15,17H,3,10H2,1-2H3. The molecule has 0 saturated carbocycles. The number of aromatic nitrogens is 2. The number of rotatable bonds is 5. The van der Waals surface area contributed by atoms with Gasteiger partial charge in [0.2, 0.25) is 0 Å². The second kappa shape index (κ2) is 6.26. The van der Waals surface area contributed by atoms with E-state index in [1.54, 1.807) is 0 Å². The Bertz CT molecular complexity index is 465. The summed E-state index contributed by atoms with van der Waals surface area (Å²) >= 11 is 0. The van der Waals surface area contributed by atoms with Crippen molar-refractivity contribution in [1.82, 2.24) is 15.3 Å². The molecule has 2 heterocycles. The topological polar surface area (TPSA) is 37.8 Å². The van der Waals surface area contributed by atoms with Gasteiger partial charge in [-0.05, 0) is 49.2 Å². The largest absolute Gasteiger partial charge is 0.310 e. The summed E-state index contributed by atoms with van der Waals surface area (Å²) in [6.45, 7) is 5.08. The van der Waals surface area contributed by atoms with E-state index in [1.165, 1.54) is 11.1 Å². The van der Waals surface area contributed by atoms with Crippen LogP contribution >= 0.6 is 0 Å². The van der Waals surface area contributed by atoms with Gasteiger partial charge in [0.15, 0.2) is 0 Å². The van der Waals surface area contributed by atoms with Crippen LogP contribution in [0.2, 0.25) is 0 Å². The van der Waals surface area contributed by atoms with Crippen molar-refractivity contribution in [3.63, 3.8) is 0 Å². The highest BCUT2D eigenvalue weighted by Crippen LogP contribution is 2.17. The molecule has 2 aromatic heterocycles. The molecule has 2 aromatic rings. The zero-order valence-electron chi connectivity index (χ0n) is 10.9. The molecule has 18 heavy (non-hydrogen) atoms. The van der Waals surface area contributed by atoms with Gasteiger partial charge in [0.25, 0.3) is 0 Å². The Kier molecular flexibility index (Phi) is 4.42. The van der Waals surface area contributed by atoms with Gasteiger partial charge >= 0.3 is 0 Å². The summed E-state index contributed by atoms with van der Waals surface area (Å²) in [6.07, 6.45) is 6.60. The highest BCUT2D eigenvalue weighted by molar-refractivity contribution is 5.21. The fraction of sp³-hybridized carbons (Fsp3) is 0.333. The average molecular weight is 241 g/mol. The SMILES string of the molecule is CCNC(Cc1ccncc1)c1ccc(C)nc1. The second-order valence-corrected chi connectivity index (χ2v) is 4.40. The van der Waals surface area contributed by atoms with E-state index in [0.29, 0.717) is 6.04 Å². The third-order valence-electron chi connectivity index (χ3n) is 2.98. The number of pyridine rings is 2. The lowest BCUT2D eigenvalue weighted by Gasteiger charge is -2.18. The quantitative estimate of drug-likeness (QED) is 0.874. The van der Waals surface area contributed by atoms with Crippen LogP contribution in [0.5, 0.6) is 0 Å². The van der Waals surface area contributed by atoms with E-state index in [9.17, 15) is 0 Å². The predicted molar refractivity (Wildman–Crippen MR) is 73.3 cm³/mol. The Balaban J connectivity index is 2.15. The first-order valence-electron chi connectivity index (χ1n) is 6.34. The van der Waals surface area contributed by atoms with Crippen LogP contribution in [-0.2, 0) is 6.42 Å². The Morgan fingerprint density at radius 3 is 2.56 bits per heavy atom. The van der Waals surface area contributed by atoms with Crippen molar-refractivity contribution in [1.29, 1.82) is 0 Å². The number of likely N-dealkylation sites (N-methyl/N-ethyl adjacent to an activating group) is 1. The van der Waals surface area contributed by atoms with Crippen LogP contribution in [0.25, 0.3) is 0 Å². The first-order chi connectivity index (χ1) is 8.79. The first-order valence-corrected chi connectivity index (χ1v) is 6.34. The molecule has 0 bridgehead atoms. The molecule has 0 aromatic carbocycles. The minimum absolute atomic E-state index is 0.311. The van der Waals surface area contributed by atoms with E-state index < -0.39 is 0 Å². The van der Waals surface area contributed by atoms with Gasteiger partial charge < -0.3 is 5.32 Å². The number of hydrogen-bond acceptors (Lipinski definition) is 3. The van der Waals surface area contributed by atoms with Crippen molar-refractivity contribution in [2.45, 2.75) is 26.3 Å². The van der Waals surface area contributed by atoms with Gasteiger partial charge in [-0.25, -0.2) is 0 Å². The predicted octanol–water partition coefficient (Wildman–Crippen LogP) is 2.68. The highest BCUT2D eigenvalue weighted by atomic mass is 14.9. The molecule has 0 saturated heterocycles. The van der Waals surface area contributed by atoms with Crippen LogP contribution < -0.4 is 5.32 Å². The summed E-state index contributed by atoms with van der Waals surface area (Å²) in [7, 11) is 0. The van der Waals surface area contributed by atoms with E-state index >= 15 is 0 Å². The summed E-state index contributed by atoms with van der Waals surface area (Å²) in [4.78, 5) is 8.42. The average Bonchev–Trinajstić information content (AvgIpc) is 2.40. The molecule has 0 aliphatic rings. The van der Waals surface area contributed by atoms with Crippen LogP contribution in [0, 0.1) is 6.92 Å². The van der Waals surface area contributed by atoms with Gasteiger partial charge in [0.05, 0.1) is 0 Å². The van der Waals surface area contributed by atoms with Crippen molar-refractivity contribution in [2.75, 3.05) is 6.54 Å². The van der Waals surface area contributed by atoms with Crippen LogP contribution in [-0.4, -0.2) is 16.5 Å². The zero-order valence-corrected chi connectivity index (χ0v) is 10.9. The number of nitrogens with zero attached hydrogens (tertiary/aromatic N) is 2. The molecule has 0 amide bonds. The molecule has 1 unspecified atom stereocenters. The number of aryl methyl sites for hydroxylation is 1. The Morgan fingerprint density at radius 1 is 1.17 bits per heavy atom. The summed E-state index contributed by atoms with van der Waals surface area (Å²) in [5, 5.41) is 3.51. The third kappa shape index (κ3) is 3.37. The monoisotopic (exact) mass is 241 g/mol. The van der Waals surface area contributed by atoms with Crippen LogP contribution in [0.15, 0.2) is 42.9 Å². The minimum atomic E-state index is 0.311. The van der Waals surface area contributed by atoms with Gasteiger partial charge in [0.1, 0.15) is 0 Å². The maximum absolute atomic E-state index is 4.37. The fourth-order valence-electron chi connectivity index (χ4n) is 1.99. The lowest BCUT2D eigenvalue weighted by Crippen LogP contribution is -2.23. The molecule has 0 radical (unpaired) electrons. The molecule has 1 atom stereocenters. The normalized spacial score (nSPS) is 12.3. The molecule has 0 aliphatic carbocycles. The van der Waals surface area contributed by atoms with Crippen LogP contribution in [0.1, 0.15) is 29.8 Å². The van der Waals surface area contributed by atoms with Gasteiger partial charge in [-0.15, -0.1) is 0 Å². The van der Waals surface area contributed by atoms with E-state index in [0.717, 1.165) is 18.7 Å². The van der Waals surface area contributed by atoms with Gasteiger partial charge in [0, 0.05) is 30.3 Å². The molecule has 94 valence electrons. The van der Waals surface area contributed by atoms with E-state index in [-0.39, 0.29) is 0 Å². The van der Waals surface area contributed by atoms with E-state index in [2.05, 4.69) is 46.5 Å². The zero-order chi connectivity index (χ0) is 12.8. The number of nitrogens with one attached hydrogen (secondary N) is 1. The van der Waals surface area contributed by atoms with Gasteiger partial charge in [-0.1, -0.05) is 13.0 Å². The van der Waals surface area contributed by atoms with Crippen molar-refractivity contribution in [3.05, 3.63) is 59.7 Å². The summed E-state index contributed by atoms with van der Waals surface area (Å²) in [5.41, 5.74) is 3.58.